The number of halogens is 3. The van der Waals surface area contributed by atoms with Crippen molar-refractivity contribution in [2.75, 3.05) is 12.8 Å². The van der Waals surface area contributed by atoms with Crippen LogP contribution in [-0.2, 0) is 10.0 Å². The predicted molar refractivity (Wildman–Crippen MR) is 71.9 cm³/mol. The largest absolute Gasteiger partial charge is 0.391 e. The molecular formula is C12H23F3N2O2S. The van der Waals surface area contributed by atoms with E-state index in [9.17, 15) is 21.6 Å². The van der Waals surface area contributed by atoms with E-state index in [0.717, 1.165) is 6.26 Å². The van der Waals surface area contributed by atoms with E-state index in [4.69, 9.17) is 0 Å². The second kappa shape index (κ2) is 6.19. The molecular weight excluding hydrogens is 293 g/mol. The molecule has 0 saturated heterocycles. The third-order valence-electron chi connectivity index (χ3n) is 3.43. The fourth-order valence-corrected chi connectivity index (χ4v) is 3.69. The van der Waals surface area contributed by atoms with E-state index in [1.54, 1.807) is 13.8 Å². The van der Waals surface area contributed by atoms with Crippen LogP contribution in [0.3, 0.4) is 0 Å². The Morgan fingerprint density at radius 2 is 1.80 bits per heavy atom. The molecule has 1 saturated carbocycles. The summed E-state index contributed by atoms with van der Waals surface area (Å²) in [7, 11) is -3.34. The minimum atomic E-state index is -4.14. The molecule has 2 unspecified atom stereocenters. The predicted octanol–water partition coefficient (Wildman–Crippen LogP) is 2.02. The first-order chi connectivity index (χ1) is 8.89. The molecule has 2 atom stereocenters. The molecule has 4 nitrogen and oxygen atoms in total. The second-order valence-corrected chi connectivity index (χ2v) is 7.99. The smallest absolute Gasteiger partial charge is 0.312 e. The van der Waals surface area contributed by atoms with Crippen molar-refractivity contribution in [2.45, 2.75) is 57.3 Å². The molecule has 0 aromatic heterocycles. The van der Waals surface area contributed by atoms with Crippen LogP contribution in [-0.4, -0.2) is 39.0 Å². The zero-order valence-corrected chi connectivity index (χ0v) is 12.9. The van der Waals surface area contributed by atoms with Crippen LogP contribution < -0.4 is 10.0 Å². The Morgan fingerprint density at radius 1 is 1.20 bits per heavy atom. The van der Waals surface area contributed by atoms with Crippen molar-refractivity contribution in [3.05, 3.63) is 0 Å². The van der Waals surface area contributed by atoms with Gasteiger partial charge in [0.05, 0.1) is 12.2 Å². The van der Waals surface area contributed by atoms with Crippen molar-refractivity contribution >= 4 is 10.0 Å². The third-order valence-corrected chi connectivity index (χ3v) is 4.35. The van der Waals surface area contributed by atoms with E-state index in [-0.39, 0.29) is 18.9 Å². The molecule has 8 heteroatoms. The lowest BCUT2D eigenvalue weighted by Crippen LogP contribution is -2.52. The summed E-state index contributed by atoms with van der Waals surface area (Å²) < 4.78 is 62.9. The third kappa shape index (κ3) is 6.41. The van der Waals surface area contributed by atoms with Crippen molar-refractivity contribution in [3.63, 3.8) is 0 Å². The monoisotopic (exact) mass is 316 g/mol. The van der Waals surface area contributed by atoms with Crippen molar-refractivity contribution in [1.82, 2.24) is 10.0 Å². The van der Waals surface area contributed by atoms with Crippen LogP contribution in [0.1, 0.15) is 39.5 Å². The van der Waals surface area contributed by atoms with Crippen LogP contribution >= 0.6 is 0 Å². The summed E-state index contributed by atoms with van der Waals surface area (Å²) in [6, 6.07) is -0.212. The van der Waals surface area contributed by atoms with E-state index in [2.05, 4.69) is 10.0 Å². The van der Waals surface area contributed by atoms with Crippen LogP contribution in [0.5, 0.6) is 0 Å². The Labute approximate surface area is 118 Å². The van der Waals surface area contributed by atoms with E-state index in [1.165, 1.54) is 0 Å². The summed E-state index contributed by atoms with van der Waals surface area (Å²) in [5.74, 6) is -1.25. The van der Waals surface area contributed by atoms with Gasteiger partial charge in [-0.25, -0.2) is 13.1 Å². The number of nitrogens with one attached hydrogen (secondary N) is 2. The average molecular weight is 316 g/mol. The van der Waals surface area contributed by atoms with E-state index in [0.29, 0.717) is 19.4 Å². The molecule has 0 amide bonds. The van der Waals surface area contributed by atoms with E-state index in [1.807, 2.05) is 0 Å². The highest BCUT2D eigenvalue weighted by Gasteiger charge is 2.42. The molecule has 1 rings (SSSR count). The van der Waals surface area contributed by atoms with E-state index >= 15 is 0 Å². The lowest BCUT2D eigenvalue weighted by Gasteiger charge is -2.34. The molecule has 120 valence electrons. The lowest BCUT2D eigenvalue weighted by atomic mass is 9.85. The standard InChI is InChI=1S/C12H23F3N2O2S/c1-11(2,17-20(3,18)19)8-16-10-6-4-5-9(7-10)12(13,14)15/h9-10,16-17H,4-8H2,1-3H3. The maximum Gasteiger partial charge on any atom is 0.391 e. The Hall–Kier alpha value is -0.340. The molecule has 0 aromatic carbocycles. The summed E-state index contributed by atoms with van der Waals surface area (Å²) in [5, 5.41) is 3.06. The van der Waals surface area contributed by atoms with Crippen LogP contribution in [0.25, 0.3) is 0 Å². The van der Waals surface area contributed by atoms with Crippen LogP contribution in [0, 0.1) is 5.92 Å². The van der Waals surface area contributed by atoms with Crippen molar-refractivity contribution < 1.29 is 21.6 Å². The van der Waals surface area contributed by atoms with Crippen LogP contribution in [0.2, 0.25) is 0 Å². The zero-order valence-electron chi connectivity index (χ0n) is 12.0. The van der Waals surface area contributed by atoms with Gasteiger partial charge in [-0.3, -0.25) is 0 Å². The molecule has 1 aliphatic rings. The Kier molecular flexibility index (Phi) is 5.48. The number of hydrogen-bond donors (Lipinski definition) is 2. The Balaban J connectivity index is 2.49. The molecule has 1 aliphatic carbocycles. The van der Waals surface area contributed by atoms with Gasteiger partial charge in [-0.05, 0) is 33.1 Å². The summed E-state index contributed by atoms with van der Waals surface area (Å²) in [6.45, 7) is 3.70. The summed E-state index contributed by atoms with van der Waals surface area (Å²) in [4.78, 5) is 0. The van der Waals surface area contributed by atoms with Gasteiger partial charge in [-0.2, -0.15) is 13.2 Å². The number of hydrogen-bond acceptors (Lipinski definition) is 3. The van der Waals surface area contributed by atoms with Gasteiger partial charge in [0.15, 0.2) is 0 Å². The Bertz CT molecular complexity index is 421. The first-order valence-electron chi connectivity index (χ1n) is 6.68. The average Bonchev–Trinajstić information content (AvgIpc) is 2.22. The number of alkyl halides is 3. The first kappa shape index (κ1) is 17.7. The highest BCUT2D eigenvalue weighted by atomic mass is 32.2. The van der Waals surface area contributed by atoms with Gasteiger partial charge >= 0.3 is 6.18 Å². The SMILES string of the molecule is CC(C)(CNC1CCCC(C(F)(F)F)C1)NS(C)(=O)=O. The molecule has 0 aliphatic heterocycles. The molecule has 0 radical (unpaired) electrons. The molecule has 0 aromatic rings. The zero-order chi connectivity index (χ0) is 15.6. The normalized spacial score (nSPS) is 25.7. The molecule has 20 heavy (non-hydrogen) atoms. The first-order valence-corrected chi connectivity index (χ1v) is 8.57. The van der Waals surface area contributed by atoms with Gasteiger partial charge in [0.2, 0.25) is 10.0 Å². The minimum absolute atomic E-state index is 0.0679. The number of rotatable bonds is 5. The summed E-state index contributed by atoms with van der Waals surface area (Å²) in [5.41, 5.74) is -0.723. The molecule has 0 spiro atoms. The summed E-state index contributed by atoms with van der Waals surface area (Å²) >= 11 is 0. The topological polar surface area (TPSA) is 58.2 Å². The summed E-state index contributed by atoms with van der Waals surface area (Å²) in [6.07, 6.45) is -1.58. The molecule has 0 bridgehead atoms. The second-order valence-electron chi connectivity index (χ2n) is 6.24. The Morgan fingerprint density at radius 3 is 2.30 bits per heavy atom. The van der Waals surface area contributed by atoms with Crippen LogP contribution in [0.4, 0.5) is 13.2 Å². The fraction of sp³-hybridized carbons (Fsp3) is 1.00. The highest BCUT2D eigenvalue weighted by molar-refractivity contribution is 7.88. The van der Waals surface area contributed by atoms with Gasteiger partial charge in [-0.1, -0.05) is 6.42 Å². The van der Waals surface area contributed by atoms with Gasteiger partial charge in [0, 0.05) is 18.1 Å². The van der Waals surface area contributed by atoms with Gasteiger partial charge in [0.1, 0.15) is 0 Å². The number of sulfonamides is 1. The highest BCUT2D eigenvalue weighted by Crippen LogP contribution is 2.37. The fourth-order valence-electron chi connectivity index (χ4n) is 2.61. The maximum absolute atomic E-state index is 12.7. The van der Waals surface area contributed by atoms with Crippen LogP contribution in [0.15, 0.2) is 0 Å². The van der Waals surface area contributed by atoms with Crippen molar-refractivity contribution in [2.24, 2.45) is 5.92 Å². The molecule has 0 heterocycles. The lowest BCUT2D eigenvalue weighted by molar-refractivity contribution is -0.183. The molecule has 1 fully saturated rings. The maximum atomic E-state index is 12.7. The van der Waals surface area contributed by atoms with Crippen molar-refractivity contribution in [1.29, 1.82) is 0 Å². The minimum Gasteiger partial charge on any atom is -0.312 e. The van der Waals surface area contributed by atoms with Gasteiger partial charge in [0.25, 0.3) is 0 Å². The molecule has 2 N–H and O–H groups in total. The van der Waals surface area contributed by atoms with Crippen molar-refractivity contribution in [3.8, 4) is 0 Å². The quantitative estimate of drug-likeness (QED) is 0.816. The van der Waals surface area contributed by atoms with Gasteiger partial charge in [-0.15, -0.1) is 0 Å². The van der Waals surface area contributed by atoms with E-state index < -0.39 is 27.7 Å². The van der Waals surface area contributed by atoms with Gasteiger partial charge < -0.3 is 5.32 Å².